The minimum Gasteiger partial charge on any atom is -0.493 e. The Morgan fingerprint density at radius 1 is 1.46 bits per heavy atom. The third kappa shape index (κ3) is 1.75. The van der Waals surface area contributed by atoms with Crippen molar-refractivity contribution in [1.29, 1.82) is 0 Å². The lowest BCUT2D eigenvalue weighted by Crippen LogP contribution is -2.64. The van der Waals surface area contributed by atoms with Crippen LogP contribution in [0.2, 0.25) is 0 Å². The predicted molar refractivity (Wildman–Crippen MR) is 95.8 cm³/mol. The van der Waals surface area contributed by atoms with Gasteiger partial charge in [0.25, 0.3) is 0 Å². The number of benzene rings is 1. The summed E-state index contributed by atoms with van der Waals surface area (Å²) in [6.07, 6.45) is 4.96. The number of nitrogens with one attached hydrogen (secondary N) is 1. The molecule has 2 bridgehead atoms. The zero-order chi connectivity index (χ0) is 18.2. The Hall–Kier alpha value is -2.34. The van der Waals surface area contributed by atoms with E-state index in [9.17, 15) is 9.59 Å². The Balaban J connectivity index is 1.83. The summed E-state index contributed by atoms with van der Waals surface area (Å²) < 4.78 is 11.8. The number of rotatable bonds is 2. The molecular weight excluding hydrogens is 332 g/mol. The highest BCUT2D eigenvalue weighted by Gasteiger charge is 2.64. The fourth-order valence-electron chi connectivity index (χ4n) is 5.61. The van der Waals surface area contributed by atoms with Crippen molar-refractivity contribution in [2.24, 2.45) is 5.92 Å². The Morgan fingerprint density at radius 2 is 2.27 bits per heavy atom. The maximum absolute atomic E-state index is 12.7. The van der Waals surface area contributed by atoms with Gasteiger partial charge < -0.3 is 19.7 Å². The van der Waals surface area contributed by atoms with Crippen LogP contribution in [-0.2, 0) is 21.4 Å². The van der Waals surface area contributed by atoms with Gasteiger partial charge in [-0.2, -0.15) is 0 Å². The molecule has 26 heavy (non-hydrogen) atoms. The summed E-state index contributed by atoms with van der Waals surface area (Å²) in [7, 11) is 3.73. The number of ketones is 1. The number of carbonyl (C=O) groups excluding carboxylic acids is 2. The fourth-order valence-corrected chi connectivity index (χ4v) is 5.61. The number of hydrogen-bond acceptors (Lipinski definition) is 5. The standard InChI is InChI=1S/C20H22N2O4/c1-10(23)21-13-9-16(25-3)18-17-11(13)8-14-12-4-5-15(24)19(26-18)20(12,17)6-7-22(14)2/h4-5,9,12,14,19H,6-8H2,1-3H3,(H,21,23)/t12-,14+,19-,20-/m0/s1. The molecule has 1 aromatic carbocycles. The normalized spacial score (nSPS) is 33.5. The molecule has 1 spiro atoms. The summed E-state index contributed by atoms with van der Waals surface area (Å²) >= 11 is 0. The van der Waals surface area contributed by atoms with Gasteiger partial charge in [-0.1, -0.05) is 6.08 Å². The number of carbonyl (C=O) groups is 2. The van der Waals surface area contributed by atoms with Crippen LogP contribution in [0.4, 0.5) is 5.69 Å². The van der Waals surface area contributed by atoms with E-state index < -0.39 is 6.10 Å². The van der Waals surface area contributed by atoms with Crippen LogP contribution < -0.4 is 14.8 Å². The maximum atomic E-state index is 12.7. The molecule has 1 fully saturated rings. The van der Waals surface area contributed by atoms with E-state index >= 15 is 0 Å². The highest BCUT2D eigenvalue weighted by molar-refractivity contribution is 5.99. The van der Waals surface area contributed by atoms with Crippen LogP contribution in [0.15, 0.2) is 18.2 Å². The zero-order valence-corrected chi connectivity index (χ0v) is 15.2. The summed E-state index contributed by atoms with van der Waals surface area (Å²) in [5.74, 6) is 1.41. The van der Waals surface area contributed by atoms with Crippen molar-refractivity contribution in [3.63, 3.8) is 0 Å². The van der Waals surface area contributed by atoms with E-state index in [-0.39, 0.29) is 23.0 Å². The number of likely N-dealkylation sites (tertiary alicyclic amines) is 1. The van der Waals surface area contributed by atoms with Crippen molar-refractivity contribution in [2.45, 2.75) is 37.3 Å². The Morgan fingerprint density at radius 3 is 3.00 bits per heavy atom. The first-order valence-corrected chi connectivity index (χ1v) is 9.08. The van der Waals surface area contributed by atoms with Gasteiger partial charge in [0.2, 0.25) is 5.91 Å². The Labute approximate surface area is 152 Å². The summed E-state index contributed by atoms with van der Waals surface area (Å²) in [4.78, 5) is 26.9. The number of ether oxygens (including phenoxy) is 2. The van der Waals surface area contributed by atoms with E-state index in [4.69, 9.17) is 9.47 Å². The molecule has 4 atom stereocenters. The van der Waals surface area contributed by atoms with Crippen LogP contribution in [-0.4, -0.2) is 49.4 Å². The lowest BCUT2D eigenvalue weighted by molar-refractivity contribution is -0.127. The summed E-state index contributed by atoms with van der Waals surface area (Å²) in [5.41, 5.74) is 2.60. The molecule has 6 nitrogen and oxygen atoms in total. The maximum Gasteiger partial charge on any atom is 0.221 e. The van der Waals surface area contributed by atoms with Crippen LogP contribution in [0, 0.1) is 5.92 Å². The molecule has 5 rings (SSSR count). The minimum atomic E-state index is -0.496. The van der Waals surface area contributed by atoms with Gasteiger partial charge in [0.05, 0.1) is 12.5 Å². The van der Waals surface area contributed by atoms with Gasteiger partial charge in [0.15, 0.2) is 23.4 Å². The molecule has 136 valence electrons. The molecule has 0 aromatic heterocycles. The Kier molecular flexibility index (Phi) is 3.11. The first-order chi connectivity index (χ1) is 12.5. The van der Waals surface area contributed by atoms with E-state index in [0.29, 0.717) is 17.5 Å². The minimum absolute atomic E-state index is 0.0248. The number of nitrogens with zero attached hydrogens (tertiary/aromatic N) is 1. The van der Waals surface area contributed by atoms with Gasteiger partial charge in [0, 0.05) is 36.2 Å². The average Bonchev–Trinajstić information content (AvgIpc) is 2.95. The molecule has 1 aromatic rings. The fraction of sp³-hybridized carbons (Fsp3) is 0.500. The van der Waals surface area contributed by atoms with Crippen molar-refractivity contribution in [3.8, 4) is 11.5 Å². The average molecular weight is 354 g/mol. The summed E-state index contributed by atoms with van der Waals surface area (Å²) in [6, 6.07) is 2.12. The molecule has 0 radical (unpaired) electrons. The molecule has 1 saturated heterocycles. The second-order valence-electron chi connectivity index (χ2n) is 7.82. The molecule has 2 aliphatic heterocycles. The molecule has 2 aliphatic carbocycles. The van der Waals surface area contributed by atoms with E-state index in [1.807, 2.05) is 6.07 Å². The number of hydrogen-bond donors (Lipinski definition) is 1. The third-order valence-corrected chi connectivity index (χ3v) is 6.65. The molecule has 4 aliphatic rings. The lowest BCUT2D eigenvalue weighted by Gasteiger charge is -2.55. The van der Waals surface area contributed by atoms with Crippen LogP contribution in [0.25, 0.3) is 0 Å². The number of piperidine rings is 1. The summed E-state index contributed by atoms with van der Waals surface area (Å²) in [5, 5.41) is 2.96. The number of amides is 1. The largest absolute Gasteiger partial charge is 0.493 e. The topological polar surface area (TPSA) is 67.9 Å². The van der Waals surface area contributed by atoms with E-state index in [1.54, 1.807) is 13.2 Å². The van der Waals surface area contributed by atoms with Crippen LogP contribution >= 0.6 is 0 Å². The van der Waals surface area contributed by atoms with Crippen molar-refractivity contribution < 1.29 is 19.1 Å². The predicted octanol–water partition coefficient (Wildman–Crippen LogP) is 1.67. The molecule has 1 amide bonds. The van der Waals surface area contributed by atoms with Crippen molar-refractivity contribution in [3.05, 3.63) is 29.3 Å². The van der Waals surface area contributed by atoms with E-state index in [2.05, 4.69) is 23.3 Å². The quantitative estimate of drug-likeness (QED) is 0.875. The van der Waals surface area contributed by atoms with Gasteiger partial charge in [-0.05, 0) is 38.1 Å². The molecule has 0 saturated carbocycles. The molecule has 1 N–H and O–H groups in total. The zero-order valence-electron chi connectivity index (χ0n) is 15.2. The van der Waals surface area contributed by atoms with Crippen molar-refractivity contribution in [2.75, 3.05) is 26.0 Å². The highest BCUT2D eigenvalue weighted by Crippen LogP contribution is 2.63. The third-order valence-electron chi connectivity index (χ3n) is 6.65. The van der Waals surface area contributed by atoms with E-state index in [1.165, 1.54) is 6.92 Å². The molecule has 6 heteroatoms. The van der Waals surface area contributed by atoms with Gasteiger partial charge in [0.1, 0.15) is 0 Å². The molecular formula is C20H22N2O4. The SMILES string of the molecule is COc1cc(NC(C)=O)c2c3c1O[C@H]1C(=O)C=C[C@H]4[C@@H](C2)N(C)CC[C@]314. The Bertz CT molecular complexity index is 877. The second-order valence-corrected chi connectivity index (χ2v) is 7.82. The number of anilines is 1. The monoisotopic (exact) mass is 354 g/mol. The van der Waals surface area contributed by atoms with Crippen LogP contribution in [0.1, 0.15) is 24.5 Å². The van der Waals surface area contributed by atoms with Crippen LogP contribution in [0.3, 0.4) is 0 Å². The highest BCUT2D eigenvalue weighted by atomic mass is 16.5. The molecule has 2 heterocycles. The van der Waals surface area contributed by atoms with E-state index in [0.717, 1.165) is 36.2 Å². The number of methoxy groups -OCH3 is 1. The lowest BCUT2D eigenvalue weighted by atomic mass is 9.53. The van der Waals surface area contributed by atoms with Gasteiger partial charge >= 0.3 is 0 Å². The van der Waals surface area contributed by atoms with Gasteiger partial charge in [-0.3, -0.25) is 9.59 Å². The summed E-state index contributed by atoms with van der Waals surface area (Å²) in [6.45, 7) is 2.43. The van der Waals surface area contributed by atoms with Gasteiger partial charge in [-0.25, -0.2) is 0 Å². The number of likely N-dealkylation sites (N-methyl/N-ethyl adjacent to an activating group) is 1. The van der Waals surface area contributed by atoms with Gasteiger partial charge in [-0.15, -0.1) is 0 Å². The second kappa shape index (κ2) is 5.10. The van der Waals surface area contributed by atoms with Crippen molar-refractivity contribution in [1.82, 2.24) is 4.90 Å². The first-order valence-electron chi connectivity index (χ1n) is 9.08. The first kappa shape index (κ1) is 15.9. The smallest absolute Gasteiger partial charge is 0.221 e. The van der Waals surface area contributed by atoms with Crippen LogP contribution in [0.5, 0.6) is 11.5 Å². The molecule has 0 unspecified atom stereocenters. The van der Waals surface area contributed by atoms with Crippen molar-refractivity contribution >= 4 is 17.4 Å².